The molecule has 0 amide bonds. The first-order valence-electron chi connectivity index (χ1n) is 9.52. The third-order valence-corrected chi connectivity index (χ3v) is 4.89. The van der Waals surface area contributed by atoms with Crippen LogP contribution in [-0.4, -0.2) is 26.4 Å². The Morgan fingerprint density at radius 2 is 1.86 bits per heavy atom. The van der Waals surface area contributed by atoms with Crippen molar-refractivity contribution >= 4 is 11.6 Å². The highest BCUT2D eigenvalue weighted by Gasteiger charge is 2.27. The summed E-state index contributed by atoms with van der Waals surface area (Å²) in [6.07, 6.45) is 5.69. The van der Waals surface area contributed by atoms with Gasteiger partial charge < -0.3 is 19.7 Å². The Balaban J connectivity index is 1.79. The van der Waals surface area contributed by atoms with Gasteiger partial charge in [-0.1, -0.05) is 30.3 Å². The molecule has 3 atom stereocenters. The molecule has 0 aliphatic carbocycles. The molecule has 150 valence electrons. The molecule has 0 aliphatic rings. The average Bonchev–Trinajstić information content (AvgIpc) is 3.28. The maximum absolute atomic E-state index is 10.7. The first-order valence-corrected chi connectivity index (χ1v) is 9.52. The number of benzene rings is 1. The maximum Gasteiger partial charge on any atom is 0.132 e. The van der Waals surface area contributed by atoms with Gasteiger partial charge in [0.2, 0.25) is 0 Å². The normalized spacial score (nSPS) is 14.9. The van der Waals surface area contributed by atoms with E-state index < -0.39 is 18.1 Å². The van der Waals surface area contributed by atoms with Crippen LogP contribution in [0.15, 0.2) is 84.1 Å². The van der Waals surface area contributed by atoms with E-state index in [4.69, 9.17) is 4.42 Å². The second kappa shape index (κ2) is 9.87. The van der Waals surface area contributed by atoms with Gasteiger partial charge in [-0.2, -0.15) is 0 Å². The van der Waals surface area contributed by atoms with Gasteiger partial charge in [0, 0.05) is 17.7 Å². The summed E-state index contributed by atoms with van der Waals surface area (Å²) in [7, 11) is 0. The Hall–Kier alpha value is -3.15. The molecule has 0 fully saturated rings. The van der Waals surface area contributed by atoms with E-state index in [-0.39, 0.29) is 5.75 Å². The van der Waals surface area contributed by atoms with Gasteiger partial charge in [0.25, 0.3) is 0 Å². The van der Waals surface area contributed by atoms with E-state index >= 15 is 0 Å². The molecule has 5 heteroatoms. The predicted octanol–water partition coefficient (Wildman–Crippen LogP) is 4.60. The van der Waals surface area contributed by atoms with Crippen LogP contribution >= 0.6 is 0 Å². The first kappa shape index (κ1) is 20.6. The van der Waals surface area contributed by atoms with E-state index in [0.29, 0.717) is 24.2 Å². The third-order valence-electron chi connectivity index (χ3n) is 4.89. The van der Waals surface area contributed by atoms with Crippen LogP contribution in [0.4, 0.5) is 0 Å². The summed E-state index contributed by atoms with van der Waals surface area (Å²) in [4.78, 5) is 4.41. The van der Waals surface area contributed by atoms with Gasteiger partial charge in [-0.05, 0) is 54.8 Å². The number of rotatable bonds is 9. The Labute approximate surface area is 170 Å². The van der Waals surface area contributed by atoms with Crippen molar-refractivity contribution in [1.82, 2.24) is 4.98 Å². The van der Waals surface area contributed by atoms with Crippen LogP contribution < -0.4 is 0 Å². The number of phenolic OH excluding ortho intramolecular Hbond substituents is 1. The molecule has 0 unspecified atom stereocenters. The fourth-order valence-electron chi connectivity index (χ4n) is 3.27. The number of furan rings is 1. The number of hydrogen-bond acceptors (Lipinski definition) is 5. The van der Waals surface area contributed by atoms with E-state index in [1.165, 1.54) is 6.26 Å². The smallest absolute Gasteiger partial charge is 0.132 e. The zero-order chi connectivity index (χ0) is 20.6. The molecule has 0 bridgehead atoms. The number of aliphatic hydroxyl groups excluding tert-OH is 2. The third kappa shape index (κ3) is 5.22. The van der Waals surface area contributed by atoms with Crippen LogP contribution in [0.25, 0.3) is 11.6 Å². The van der Waals surface area contributed by atoms with Crippen molar-refractivity contribution in [3.8, 4) is 5.75 Å². The zero-order valence-corrected chi connectivity index (χ0v) is 16.1. The number of aromatic hydroxyl groups is 1. The number of allylic oxidation sites excluding steroid dienone is 1. The van der Waals surface area contributed by atoms with Gasteiger partial charge in [-0.3, -0.25) is 4.98 Å². The monoisotopic (exact) mass is 391 g/mol. The SMILES string of the molecule is C=C[C@H]([C@H](O)CC/C(=C/c1ccccc1O)c1ccccn1)[C@H](O)c1ccco1. The number of aromatic nitrogens is 1. The van der Waals surface area contributed by atoms with Gasteiger partial charge in [-0.25, -0.2) is 0 Å². The van der Waals surface area contributed by atoms with E-state index in [1.807, 2.05) is 36.4 Å². The highest BCUT2D eigenvalue weighted by atomic mass is 16.4. The minimum Gasteiger partial charge on any atom is -0.507 e. The molecule has 3 aromatic rings. The van der Waals surface area contributed by atoms with E-state index in [0.717, 1.165) is 11.3 Å². The van der Waals surface area contributed by atoms with Crippen molar-refractivity contribution in [2.24, 2.45) is 5.92 Å². The number of aliphatic hydroxyl groups is 2. The van der Waals surface area contributed by atoms with Gasteiger partial charge in [0.15, 0.2) is 0 Å². The van der Waals surface area contributed by atoms with Crippen LogP contribution in [0.3, 0.4) is 0 Å². The number of para-hydroxylation sites is 1. The lowest BCUT2D eigenvalue weighted by molar-refractivity contribution is 0.0214. The molecule has 3 N–H and O–H groups in total. The highest BCUT2D eigenvalue weighted by Crippen LogP contribution is 2.31. The van der Waals surface area contributed by atoms with Gasteiger partial charge in [0.1, 0.15) is 17.6 Å². The van der Waals surface area contributed by atoms with Gasteiger partial charge in [0.05, 0.1) is 18.1 Å². The summed E-state index contributed by atoms with van der Waals surface area (Å²) in [5.74, 6) is -0.00130. The Morgan fingerprint density at radius 1 is 1.07 bits per heavy atom. The molecular formula is C24H25NO4. The minimum atomic E-state index is -0.974. The lowest BCUT2D eigenvalue weighted by Gasteiger charge is -2.24. The molecule has 2 heterocycles. The van der Waals surface area contributed by atoms with Crippen LogP contribution in [0.5, 0.6) is 5.75 Å². The van der Waals surface area contributed by atoms with Crippen LogP contribution in [0.2, 0.25) is 0 Å². The van der Waals surface area contributed by atoms with Crippen molar-refractivity contribution in [2.45, 2.75) is 25.0 Å². The standard InChI is InChI=1S/C24H25NO4/c1-2-19(24(28)23-11-7-15-29-23)22(27)13-12-17(20-9-5-6-14-25-20)16-18-8-3-4-10-21(18)26/h2-11,14-16,19,22,24,26-28H,1,12-13H2/b17-16-/t19-,22-,24+/m1/s1. The number of phenols is 1. The molecule has 0 saturated heterocycles. The number of pyridine rings is 1. The topological polar surface area (TPSA) is 86.7 Å². The second-order valence-corrected chi connectivity index (χ2v) is 6.82. The van der Waals surface area contributed by atoms with Gasteiger partial charge in [-0.15, -0.1) is 6.58 Å². The molecule has 29 heavy (non-hydrogen) atoms. The highest BCUT2D eigenvalue weighted by molar-refractivity contribution is 5.81. The lowest BCUT2D eigenvalue weighted by Crippen LogP contribution is -2.25. The molecule has 5 nitrogen and oxygen atoms in total. The average molecular weight is 391 g/mol. The molecule has 1 aromatic carbocycles. The quantitative estimate of drug-likeness (QED) is 0.464. The Kier molecular flexibility index (Phi) is 7.00. The molecule has 0 aliphatic heterocycles. The maximum atomic E-state index is 10.7. The number of nitrogens with zero attached hydrogens (tertiary/aromatic N) is 1. The summed E-state index contributed by atoms with van der Waals surface area (Å²) in [6.45, 7) is 3.76. The summed E-state index contributed by atoms with van der Waals surface area (Å²) in [6, 6.07) is 16.1. The lowest BCUT2D eigenvalue weighted by atomic mass is 9.89. The van der Waals surface area contributed by atoms with Crippen LogP contribution in [0, 0.1) is 5.92 Å². The fraction of sp³-hybridized carbons (Fsp3) is 0.208. The molecule has 0 radical (unpaired) electrons. The first-order chi connectivity index (χ1) is 14.1. The van der Waals surface area contributed by atoms with Crippen molar-refractivity contribution in [1.29, 1.82) is 0 Å². The molecule has 2 aromatic heterocycles. The van der Waals surface area contributed by atoms with Crippen molar-refractivity contribution in [3.63, 3.8) is 0 Å². The minimum absolute atomic E-state index is 0.179. The molecule has 0 spiro atoms. The Morgan fingerprint density at radius 3 is 2.52 bits per heavy atom. The van der Waals surface area contributed by atoms with Gasteiger partial charge >= 0.3 is 0 Å². The predicted molar refractivity (Wildman–Crippen MR) is 113 cm³/mol. The summed E-state index contributed by atoms with van der Waals surface area (Å²) < 4.78 is 5.26. The molecule has 0 saturated carbocycles. The second-order valence-electron chi connectivity index (χ2n) is 6.82. The van der Waals surface area contributed by atoms with E-state index in [9.17, 15) is 15.3 Å². The largest absolute Gasteiger partial charge is 0.507 e. The summed E-state index contributed by atoms with van der Waals surface area (Å²) >= 11 is 0. The molecular weight excluding hydrogens is 366 g/mol. The number of hydrogen-bond donors (Lipinski definition) is 3. The fourth-order valence-corrected chi connectivity index (χ4v) is 3.27. The zero-order valence-electron chi connectivity index (χ0n) is 16.1. The van der Waals surface area contributed by atoms with Crippen molar-refractivity contribution in [3.05, 3.63) is 96.7 Å². The van der Waals surface area contributed by atoms with Crippen molar-refractivity contribution in [2.75, 3.05) is 0 Å². The van der Waals surface area contributed by atoms with Crippen molar-refractivity contribution < 1.29 is 19.7 Å². The molecule has 3 rings (SSSR count). The Bertz CT molecular complexity index is 935. The van der Waals surface area contributed by atoms with E-state index in [1.54, 1.807) is 36.5 Å². The van der Waals surface area contributed by atoms with Crippen LogP contribution in [-0.2, 0) is 0 Å². The summed E-state index contributed by atoms with van der Waals surface area (Å²) in [5, 5.41) is 31.4. The van der Waals surface area contributed by atoms with Crippen LogP contribution in [0.1, 0.15) is 36.0 Å². The summed E-state index contributed by atoms with van der Waals surface area (Å²) in [5.41, 5.74) is 2.32. The van der Waals surface area contributed by atoms with E-state index in [2.05, 4.69) is 11.6 Å².